The van der Waals surface area contributed by atoms with Crippen molar-refractivity contribution in [3.8, 4) is 39.1 Å². The van der Waals surface area contributed by atoms with Gasteiger partial charge in [-0.25, -0.2) is 0 Å². The van der Waals surface area contributed by atoms with Gasteiger partial charge in [0, 0.05) is 49.7 Å². The van der Waals surface area contributed by atoms with Crippen LogP contribution in [-0.2, 0) is 0 Å². The molecule has 3 heteroatoms. The third-order valence-electron chi connectivity index (χ3n) is 11.8. The van der Waals surface area contributed by atoms with E-state index < -0.39 is 0 Å². The maximum atomic E-state index is 6.87. The number of para-hydroxylation sites is 4. The molecule has 0 aliphatic carbocycles. The lowest BCUT2D eigenvalue weighted by Crippen LogP contribution is -2.11. The summed E-state index contributed by atoms with van der Waals surface area (Å²) in [4.78, 5) is 2.41. The van der Waals surface area contributed by atoms with E-state index in [9.17, 15) is 0 Å². The fourth-order valence-corrected chi connectivity index (χ4v) is 9.23. The number of hydrogen-bond acceptors (Lipinski definition) is 2. The average Bonchev–Trinajstić information content (AvgIpc) is 3.83. The van der Waals surface area contributed by atoms with E-state index in [1.165, 1.54) is 55.2 Å². The highest BCUT2D eigenvalue weighted by Gasteiger charge is 2.23. The van der Waals surface area contributed by atoms with Crippen LogP contribution in [0.4, 0.5) is 17.1 Å². The smallest absolute Gasteiger partial charge is 0.143 e. The van der Waals surface area contributed by atoms with Gasteiger partial charge in [0.2, 0.25) is 0 Å². The lowest BCUT2D eigenvalue weighted by atomic mass is 9.94. The van der Waals surface area contributed by atoms with Crippen molar-refractivity contribution in [2.24, 2.45) is 0 Å². The van der Waals surface area contributed by atoms with Crippen LogP contribution < -0.4 is 4.90 Å². The number of nitrogens with zero attached hydrogens (tertiary/aromatic N) is 2. The summed E-state index contributed by atoms with van der Waals surface area (Å²) in [6, 6.07) is 74.2. The highest BCUT2D eigenvalue weighted by molar-refractivity contribution is 6.14. The molecule has 0 amide bonds. The number of furan rings is 1. The molecule has 280 valence electrons. The Bertz CT molecular complexity index is 3260. The maximum absolute atomic E-state index is 6.87. The van der Waals surface area contributed by atoms with Crippen LogP contribution in [0.2, 0.25) is 0 Å². The predicted molar refractivity (Wildman–Crippen MR) is 249 cm³/mol. The molecule has 11 aromatic rings. The SMILES string of the molecule is Cc1cc(N(c2ccc(-c3ccccc3)cc2)c2cc(-c3ccccc3-n3c4ccccc4c4ccccc43)c3oc4ccccc4c3c2)cc(C)c1-c1ccccc1. The van der Waals surface area contributed by atoms with Gasteiger partial charge in [-0.05, 0) is 108 Å². The zero-order valence-electron chi connectivity index (χ0n) is 32.9. The van der Waals surface area contributed by atoms with Crippen molar-refractivity contribution >= 4 is 60.8 Å². The van der Waals surface area contributed by atoms with E-state index in [2.05, 4.69) is 230 Å². The molecule has 0 fully saturated rings. The molecule has 0 unspecified atom stereocenters. The molecule has 3 nitrogen and oxygen atoms in total. The Morgan fingerprint density at radius 2 is 0.915 bits per heavy atom. The van der Waals surface area contributed by atoms with Gasteiger partial charge in [0.25, 0.3) is 0 Å². The Balaban J connectivity index is 1.19. The third kappa shape index (κ3) is 5.82. The minimum atomic E-state index is 0.868. The Morgan fingerprint density at radius 1 is 0.390 bits per heavy atom. The second-order valence-electron chi connectivity index (χ2n) is 15.4. The van der Waals surface area contributed by atoms with Crippen molar-refractivity contribution in [3.05, 3.63) is 217 Å². The molecule has 0 aliphatic rings. The number of aromatic nitrogens is 1. The van der Waals surface area contributed by atoms with Gasteiger partial charge in [-0.15, -0.1) is 0 Å². The van der Waals surface area contributed by atoms with Gasteiger partial charge in [0.1, 0.15) is 11.2 Å². The predicted octanol–water partition coefficient (Wildman–Crippen LogP) is 15.8. The summed E-state index contributed by atoms with van der Waals surface area (Å²) in [7, 11) is 0. The fraction of sp³-hybridized carbons (Fsp3) is 0.0357. The summed E-state index contributed by atoms with van der Waals surface area (Å²) in [6.07, 6.45) is 0. The van der Waals surface area contributed by atoms with Crippen LogP contribution >= 0.6 is 0 Å². The first kappa shape index (κ1) is 34.6. The normalized spacial score (nSPS) is 11.6. The van der Waals surface area contributed by atoms with E-state index in [-0.39, 0.29) is 0 Å². The first-order valence-corrected chi connectivity index (χ1v) is 20.3. The maximum Gasteiger partial charge on any atom is 0.143 e. The molecular weight excluding hydrogens is 717 g/mol. The van der Waals surface area contributed by atoms with E-state index in [0.29, 0.717) is 0 Å². The van der Waals surface area contributed by atoms with Crippen LogP contribution in [0, 0.1) is 13.8 Å². The molecule has 11 rings (SSSR count). The molecule has 2 heterocycles. The summed E-state index contributed by atoms with van der Waals surface area (Å²) in [5.41, 5.74) is 17.8. The minimum Gasteiger partial charge on any atom is -0.455 e. The number of rotatable bonds is 7. The minimum absolute atomic E-state index is 0.868. The van der Waals surface area contributed by atoms with Crippen LogP contribution in [0.1, 0.15) is 11.1 Å². The van der Waals surface area contributed by atoms with Crippen LogP contribution in [0.3, 0.4) is 0 Å². The molecule has 0 saturated heterocycles. The van der Waals surface area contributed by atoms with Gasteiger partial charge < -0.3 is 13.9 Å². The number of anilines is 3. The topological polar surface area (TPSA) is 21.3 Å². The van der Waals surface area contributed by atoms with Crippen molar-refractivity contribution in [3.63, 3.8) is 0 Å². The quantitative estimate of drug-likeness (QED) is 0.161. The van der Waals surface area contributed by atoms with Gasteiger partial charge in [0.15, 0.2) is 0 Å². The van der Waals surface area contributed by atoms with E-state index in [0.717, 1.165) is 55.8 Å². The molecule has 9 aromatic carbocycles. The molecule has 0 spiro atoms. The molecular formula is C56H40N2O. The highest BCUT2D eigenvalue weighted by Crippen LogP contribution is 2.46. The van der Waals surface area contributed by atoms with E-state index in [1.807, 2.05) is 0 Å². The Morgan fingerprint density at radius 3 is 1.59 bits per heavy atom. The summed E-state index contributed by atoms with van der Waals surface area (Å²) in [5, 5.41) is 4.63. The van der Waals surface area contributed by atoms with Crippen LogP contribution in [-0.4, -0.2) is 4.57 Å². The zero-order chi connectivity index (χ0) is 39.5. The van der Waals surface area contributed by atoms with Gasteiger partial charge >= 0.3 is 0 Å². The van der Waals surface area contributed by atoms with E-state index in [4.69, 9.17) is 4.42 Å². The summed E-state index contributed by atoms with van der Waals surface area (Å²) < 4.78 is 9.28. The lowest BCUT2D eigenvalue weighted by Gasteiger charge is -2.28. The number of hydrogen-bond donors (Lipinski definition) is 0. The van der Waals surface area contributed by atoms with Crippen LogP contribution in [0.15, 0.2) is 211 Å². The van der Waals surface area contributed by atoms with Crippen molar-refractivity contribution in [2.75, 3.05) is 4.90 Å². The summed E-state index contributed by atoms with van der Waals surface area (Å²) in [5.74, 6) is 0. The second-order valence-corrected chi connectivity index (χ2v) is 15.4. The van der Waals surface area contributed by atoms with Gasteiger partial charge in [0.05, 0.1) is 16.7 Å². The summed E-state index contributed by atoms with van der Waals surface area (Å²) in [6.45, 7) is 4.46. The largest absolute Gasteiger partial charge is 0.455 e. The molecule has 0 bridgehead atoms. The Hall–Kier alpha value is -7.62. The Labute approximate surface area is 343 Å². The lowest BCUT2D eigenvalue weighted by molar-refractivity contribution is 0.670. The zero-order valence-corrected chi connectivity index (χ0v) is 32.9. The monoisotopic (exact) mass is 756 g/mol. The van der Waals surface area contributed by atoms with Crippen molar-refractivity contribution in [1.29, 1.82) is 0 Å². The first-order chi connectivity index (χ1) is 29.1. The van der Waals surface area contributed by atoms with E-state index >= 15 is 0 Å². The molecule has 0 N–H and O–H groups in total. The van der Waals surface area contributed by atoms with Crippen molar-refractivity contribution in [2.45, 2.75) is 13.8 Å². The molecule has 0 radical (unpaired) electrons. The third-order valence-corrected chi connectivity index (χ3v) is 11.8. The molecule has 0 saturated carbocycles. The van der Waals surface area contributed by atoms with Gasteiger partial charge in [-0.1, -0.05) is 146 Å². The van der Waals surface area contributed by atoms with Gasteiger partial charge in [-0.3, -0.25) is 0 Å². The highest BCUT2D eigenvalue weighted by atomic mass is 16.3. The van der Waals surface area contributed by atoms with Crippen LogP contribution in [0.5, 0.6) is 0 Å². The van der Waals surface area contributed by atoms with Gasteiger partial charge in [-0.2, -0.15) is 0 Å². The summed E-state index contributed by atoms with van der Waals surface area (Å²) >= 11 is 0. The number of aryl methyl sites for hydroxylation is 2. The van der Waals surface area contributed by atoms with E-state index in [1.54, 1.807) is 0 Å². The number of fused-ring (bicyclic) bond motifs is 6. The standard InChI is InChI=1S/C56H40N2O/c1-37-33-43(34-38(2)55(37)41-19-7-4-8-20-41)57(42-31-29-40(30-32-42)39-17-5-3-6-18-39)44-35-49(56-50(36-44)48-24-12-16-28-54(48)59-56)47-23-11-15-27-53(47)58-51-25-13-9-21-45(51)46-22-10-14-26-52(46)58/h3-36H,1-2H3. The second kappa shape index (κ2) is 14.1. The van der Waals surface area contributed by atoms with Crippen LogP contribution in [0.25, 0.3) is 82.8 Å². The fourth-order valence-electron chi connectivity index (χ4n) is 9.23. The number of benzene rings is 9. The Kier molecular flexibility index (Phi) is 8.27. The van der Waals surface area contributed by atoms with Crippen molar-refractivity contribution < 1.29 is 4.42 Å². The molecule has 0 atom stereocenters. The average molecular weight is 757 g/mol. The molecule has 59 heavy (non-hydrogen) atoms. The molecule has 0 aliphatic heterocycles. The first-order valence-electron chi connectivity index (χ1n) is 20.3. The van der Waals surface area contributed by atoms with Crippen molar-refractivity contribution in [1.82, 2.24) is 4.57 Å². The molecule has 2 aromatic heterocycles.